The van der Waals surface area contributed by atoms with Gasteiger partial charge in [0.15, 0.2) is 0 Å². The van der Waals surface area contributed by atoms with Gasteiger partial charge in [0, 0.05) is 6.54 Å². The Kier molecular flexibility index (Phi) is 3.09. The van der Waals surface area contributed by atoms with Gasteiger partial charge in [0.2, 0.25) is 0 Å². The normalized spacial score (nSPS) is 31.1. The first kappa shape index (κ1) is 12.0. The van der Waals surface area contributed by atoms with Crippen LogP contribution < -0.4 is 0 Å². The Morgan fingerprint density at radius 2 is 2.29 bits per heavy atom. The van der Waals surface area contributed by atoms with Gasteiger partial charge in [-0.1, -0.05) is 12.7 Å². The average Bonchev–Trinajstić information content (AvgIpc) is 2.26. The van der Waals surface area contributed by atoms with Crippen LogP contribution in [-0.4, -0.2) is 40.8 Å². The van der Waals surface area contributed by atoms with E-state index < -0.39 is 17.6 Å². The number of carboxylic acid groups (broad SMARTS) is 1. The van der Waals surface area contributed by atoms with Gasteiger partial charge in [-0.15, -0.1) is 0 Å². The van der Waals surface area contributed by atoms with Crippen molar-refractivity contribution in [1.82, 2.24) is 4.90 Å². The molecule has 0 spiro atoms. The average molecular weight is 239 g/mol. The first-order chi connectivity index (χ1) is 8.13. The first-order valence-corrected chi connectivity index (χ1v) is 5.91. The monoisotopic (exact) mass is 239 g/mol. The number of likely N-dealkylation sites (tertiary alicyclic amines) is 1. The van der Waals surface area contributed by atoms with Crippen LogP contribution in [0, 0.1) is 5.92 Å². The highest BCUT2D eigenvalue weighted by molar-refractivity contribution is 5.86. The molecule has 94 valence electrons. The van der Waals surface area contributed by atoms with Crippen molar-refractivity contribution < 1.29 is 19.4 Å². The van der Waals surface area contributed by atoms with E-state index in [1.165, 1.54) is 11.0 Å². The fourth-order valence-electron chi connectivity index (χ4n) is 2.91. The highest BCUT2D eigenvalue weighted by Crippen LogP contribution is 2.49. The largest absolute Gasteiger partial charge is 0.479 e. The number of fused-ring (bicyclic) bond motifs is 1. The molecular formula is C12H17NO4. The highest BCUT2D eigenvalue weighted by Gasteiger charge is 2.60. The summed E-state index contributed by atoms with van der Waals surface area (Å²) in [7, 11) is 0. The molecule has 1 amide bonds. The van der Waals surface area contributed by atoms with E-state index in [0.717, 1.165) is 19.3 Å². The van der Waals surface area contributed by atoms with E-state index in [1.807, 2.05) is 0 Å². The van der Waals surface area contributed by atoms with E-state index >= 15 is 0 Å². The molecule has 1 N–H and O–H groups in total. The van der Waals surface area contributed by atoms with Gasteiger partial charge in [0.1, 0.15) is 12.1 Å². The fourth-order valence-corrected chi connectivity index (χ4v) is 2.91. The molecule has 0 aromatic carbocycles. The van der Waals surface area contributed by atoms with Gasteiger partial charge in [0.25, 0.3) is 0 Å². The van der Waals surface area contributed by atoms with E-state index in [4.69, 9.17) is 4.74 Å². The van der Waals surface area contributed by atoms with Gasteiger partial charge in [-0.25, -0.2) is 9.59 Å². The molecule has 17 heavy (non-hydrogen) atoms. The van der Waals surface area contributed by atoms with E-state index in [-0.39, 0.29) is 12.5 Å². The van der Waals surface area contributed by atoms with Crippen LogP contribution in [0.5, 0.6) is 0 Å². The molecule has 5 heteroatoms. The van der Waals surface area contributed by atoms with Gasteiger partial charge >= 0.3 is 12.1 Å². The lowest BCUT2D eigenvalue weighted by atomic mass is 9.61. The SMILES string of the molecule is C=CCOC(=O)N1CCC[C@@H]2CC[C@@]21C(=O)O. The van der Waals surface area contributed by atoms with Crippen LogP contribution in [-0.2, 0) is 9.53 Å². The second-order valence-corrected chi connectivity index (χ2v) is 4.62. The molecule has 1 aliphatic heterocycles. The van der Waals surface area contributed by atoms with Crippen molar-refractivity contribution in [3.8, 4) is 0 Å². The molecule has 1 saturated heterocycles. The zero-order valence-corrected chi connectivity index (χ0v) is 9.72. The van der Waals surface area contributed by atoms with Crippen LogP contribution in [0.15, 0.2) is 12.7 Å². The van der Waals surface area contributed by atoms with Crippen LogP contribution in [0.2, 0.25) is 0 Å². The van der Waals surface area contributed by atoms with Crippen molar-refractivity contribution in [2.45, 2.75) is 31.2 Å². The summed E-state index contributed by atoms with van der Waals surface area (Å²) in [6.07, 6.45) is 4.11. The third-order valence-corrected chi connectivity index (χ3v) is 3.88. The molecule has 0 radical (unpaired) electrons. The predicted octanol–water partition coefficient (Wildman–Crippen LogP) is 1.64. The number of rotatable bonds is 3. The zero-order chi connectivity index (χ0) is 12.5. The molecule has 0 aromatic heterocycles. The minimum absolute atomic E-state index is 0.0880. The second-order valence-electron chi connectivity index (χ2n) is 4.62. The van der Waals surface area contributed by atoms with Crippen LogP contribution in [0.1, 0.15) is 25.7 Å². The molecule has 0 aromatic rings. The van der Waals surface area contributed by atoms with E-state index in [2.05, 4.69) is 6.58 Å². The van der Waals surface area contributed by atoms with Crippen molar-refractivity contribution in [3.63, 3.8) is 0 Å². The van der Waals surface area contributed by atoms with Crippen molar-refractivity contribution in [1.29, 1.82) is 0 Å². The Hall–Kier alpha value is -1.52. The van der Waals surface area contributed by atoms with Crippen LogP contribution in [0.4, 0.5) is 4.79 Å². The summed E-state index contributed by atoms with van der Waals surface area (Å²) < 4.78 is 4.96. The maximum Gasteiger partial charge on any atom is 0.411 e. The molecule has 2 fully saturated rings. The lowest BCUT2D eigenvalue weighted by Crippen LogP contribution is -2.68. The highest BCUT2D eigenvalue weighted by atomic mass is 16.6. The molecule has 5 nitrogen and oxygen atoms in total. The number of hydrogen-bond donors (Lipinski definition) is 1. The standard InChI is InChI=1S/C12H17NO4/c1-2-8-17-11(16)13-7-3-4-9-5-6-12(9,13)10(14)15/h2,9H,1,3-8H2,(H,14,15)/t9-,12+/m1/s1. The van der Waals surface area contributed by atoms with Crippen LogP contribution >= 0.6 is 0 Å². The maximum atomic E-state index is 11.8. The van der Waals surface area contributed by atoms with Gasteiger partial charge in [0.05, 0.1) is 0 Å². The van der Waals surface area contributed by atoms with Gasteiger partial charge in [-0.05, 0) is 31.6 Å². The Bertz CT molecular complexity index is 354. The lowest BCUT2D eigenvalue weighted by molar-refractivity contribution is -0.168. The summed E-state index contributed by atoms with van der Waals surface area (Å²) >= 11 is 0. The molecule has 1 saturated carbocycles. The van der Waals surface area contributed by atoms with Gasteiger partial charge < -0.3 is 9.84 Å². The summed E-state index contributed by atoms with van der Waals surface area (Å²) in [6.45, 7) is 4.06. The molecular weight excluding hydrogens is 222 g/mol. The number of hydrogen-bond acceptors (Lipinski definition) is 3. The van der Waals surface area contributed by atoms with Crippen molar-refractivity contribution in [2.24, 2.45) is 5.92 Å². The number of piperidine rings is 1. The predicted molar refractivity (Wildman–Crippen MR) is 60.6 cm³/mol. The molecule has 1 aliphatic carbocycles. The van der Waals surface area contributed by atoms with Crippen molar-refractivity contribution in [2.75, 3.05) is 13.2 Å². The fraction of sp³-hybridized carbons (Fsp3) is 0.667. The smallest absolute Gasteiger partial charge is 0.411 e. The Morgan fingerprint density at radius 3 is 2.82 bits per heavy atom. The number of carbonyl (C=O) groups is 2. The molecule has 2 aliphatic rings. The summed E-state index contributed by atoms with van der Waals surface area (Å²) in [5.74, 6) is -0.811. The quantitative estimate of drug-likeness (QED) is 0.760. The van der Waals surface area contributed by atoms with E-state index in [0.29, 0.717) is 13.0 Å². The number of carboxylic acids is 1. The van der Waals surface area contributed by atoms with Crippen LogP contribution in [0.3, 0.4) is 0 Å². The second kappa shape index (κ2) is 4.39. The summed E-state index contributed by atoms with van der Waals surface area (Å²) in [5.41, 5.74) is -1.00. The van der Waals surface area contributed by atoms with E-state index in [9.17, 15) is 14.7 Å². The Labute approximate surface area is 100 Å². The molecule has 0 unspecified atom stereocenters. The van der Waals surface area contributed by atoms with E-state index in [1.54, 1.807) is 0 Å². The summed E-state index contributed by atoms with van der Waals surface area (Å²) in [5, 5.41) is 9.39. The van der Waals surface area contributed by atoms with Crippen LogP contribution in [0.25, 0.3) is 0 Å². The molecule has 2 atom stereocenters. The number of ether oxygens (including phenoxy) is 1. The maximum absolute atomic E-state index is 11.8. The molecule has 1 heterocycles. The zero-order valence-electron chi connectivity index (χ0n) is 9.72. The van der Waals surface area contributed by atoms with Gasteiger partial charge in [-0.2, -0.15) is 0 Å². The minimum Gasteiger partial charge on any atom is -0.479 e. The number of carbonyl (C=O) groups excluding carboxylic acids is 1. The van der Waals surface area contributed by atoms with Crippen molar-refractivity contribution >= 4 is 12.1 Å². The number of amides is 1. The van der Waals surface area contributed by atoms with Crippen molar-refractivity contribution in [3.05, 3.63) is 12.7 Å². The molecule has 2 rings (SSSR count). The third-order valence-electron chi connectivity index (χ3n) is 3.88. The Balaban J connectivity index is 2.16. The Morgan fingerprint density at radius 1 is 1.53 bits per heavy atom. The summed E-state index contributed by atoms with van der Waals surface area (Å²) in [4.78, 5) is 24.7. The lowest BCUT2D eigenvalue weighted by Gasteiger charge is -2.55. The molecule has 0 bridgehead atoms. The minimum atomic E-state index is -1.00. The number of nitrogens with zero attached hydrogens (tertiary/aromatic N) is 1. The number of aliphatic carboxylic acids is 1. The third kappa shape index (κ3) is 1.69. The van der Waals surface area contributed by atoms with Gasteiger partial charge in [-0.3, -0.25) is 4.90 Å². The first-order valence-electron chi connectivity index (χ1n) is 5.91. The topological polar surface area (TPSA) is 66.8 Å². The summed E-state index contributed by atoms with van der Waals surface area (Å²) in [6, 6.07) is 0.